The van der Waals surface area contributed by atoms with Crippen LogP contribution in [0.4, 0.5) is 11.4 Å². The van der Waals surface area contributed by atoms with Crippen LogP contribution >= 0.6 is 0 Å². The fourth-order valence-corrected chi connectivity index (χ4v) is 5.21. The highest BCUT2D eigenvalue weighted by atomic mass is 16.5. The topological polar surface area (TPSA) is 47.1 Å². The lowest BCUT2D eigenvalue weighted by Crippen LogP contribution is -2.44. The molecule has 0 aliphatic carbocycles. The minimum atomic E-state index is 0.799. The smallest absolute Gasteiger partial charge is 0.119 e. The van der Waals surface area contributed by atoms with Crippen LogP contribution in [0.1, 0.15) is 16.8 Å². The normalized spacial score (nSPS) is 17.1. The molecule has 0 spiro atoms. The minimum absolute atomic E-state index is 0.799. The Bertz CT molecular complexity index is 1140. The van der Waals surface area contributed by atoms with Gasteiger partial charge in [-0.05, 0) is 54.6 Å². The molecule has 1 N–H and O–H groups in total. The fraction of sp³-hybridized carbons (Fsp3) is 0.433. The van der Waals surface area contributed by atoms with Gasteiger partial charge in [-0.2, -0.15) is 0 Å². The number of ether oxygens (including phenoxy) is 1. The van der Waals surface area contributed by atoms with Crippen molar-refractivity contribution >= 4 is 11.4 Å². The Kier molecular flexibility index (Phi) is 8.56. The van der Waals surface area contributed by atoms with Gasteiger partial charge in [-0.1, -0.05) is 24.3 Å². The van der Waals surface area contributed by atoms with E-state index in [0.29, 0.717) is 0 Å². The number of piperazine rings is 2. The molecule has 0 atom stereocenters. The molecule has 1 aromatic heterocycles. The Labute approximate surface area is 221 Å². The van der Waals surface area contributed by atoms with E-state index in [2.05, 4.69) is 86.6 Å². The molecule has 3 aromatic rings. The number of nitrogens with zero attached hydrogens (tertiary/aromatic N) is 5. The summed E-state index contributed by atoms with van der Waals surface area (Å²) < 4.78 is 5.51. The van der Waals surface area contributed by atoms with Gasteiger partial charge < -0.3 is 24.8 Å². The van der Waals surface area contributed by atoms with Crippen LogP contribution in [0.25, 0.3) is 0 Å². The van der Waals surface area contributed by atoms with Crippen molar-refractivity contribution in [2.24, 2.45) is 0 Å². The average Bonchev–Trinajstić information content (AvgIpc) is 2.94. The molecule has 2 fully saturated rings. The zero-order chi connectivity index (χ0) is 25.5. The molecule has 0 unspecified atom stereocenters. The van der Waals surface area contributed by atoms with Crippen LogP contribution in [0.2, 0.25) is 0 Å². The van der Waals surface area contributed by atoms with Gasteiger partial charge in [0.15, 0.2) is 0 Å². The van der Waals surface area contributed by atoms with Crippen molar-refractivity contribution in [3.63, 3.8) is 0 Å². The standard InChI is InChI=1S/C30H40N6O/c1-33-15-17-35(18-16-33)28-7-3-5-25(19-28)22-36(23-26-6-4-8-30(20-26)37-2)29-9-10-32-27(21-29)24-34-13-11-31-12-14-34/h3-10,19-21,31H,11-18,22-24H2,1-2H3. The molecule has 0 radical (unpaired) electrons. The highest BCUT2D eigenvalue weighted by molar-refractivity contribution is 5.52. The van der Waals surface area contributed by atoms with Crippen LogP contribution in [0.5, 0.6) is 5.75 Å². The minimum Gasteiger partial charge on any atom is -0.497 e. The molecule has 2 aliphatic rings. The van der Waals surface area contributed by atoms with E-state index in [1.165, 1.54) is 22.5 Å². The number of pyridine rings is 1. The first kappa shape index (κ1) is 25.5. The van der Waals surface area contributed by atoms with E-state index >= 15 is 0 Å². The van der Waals surface area contributed by atoms with Gasteiger partial charge in [0.05, 0.1) is 12.8 Å². The van der Waals surface area contributed by atoms with Crippen LogP contribution in [0.3, 0.4) is 0 Å². The Hall–Kier alpha value is -3.13. The molecule has 7 nitrogen and oxygen atoms in total. The molecule has 0 saturated carbocycles. The third-order valence-corrected chi connectivity index (χ3v) is 7.42. The number of methoxy groups -OCH3 is 1. The summed E-state index contributed by atoms with van der Waals surface area (Å²) in [5.74, 6) is 0.892. The molecule has 2 saturated heterocycles. The number of nitrogens with one attached hydrogen (secondary N) is 1. The Morgan fingerprint density at radius 2 is 1.59 bits per heavy atom. The third kappa shape index (κ3) is 7.01. The Balaban J connectivity index is 1.38. The molecule has 3 heterocycles. The molecule has 2 aromatic carbocycles. The van der Waals surface area contributed by atoms with Gasteiger partial charge in [0, 0.05) is 89.6 Å². The lowest BCUT2D eigenvalue weighted by atomic mass is 10.1. The summed E-state index contributed by atoms with van der Waals surface area (Å²) in [5, 5.41) is 3.44. The van der Waals surface area contributed by atoms with Gasteiger partial charge in [-0.25, -0.2) is 0 Å². The highest BCUT2D eigenvalue weighted by Gasteiger charge is 2.17. The number of anilines is 2. The van der Waals surface area contributed by atoms with Crippen molar-refractivity contribution in [1.29, 1.82) is 0 Å². The molecule has 0 amide bonds. The lowest BCUT2D eigenvalue weighted by Gasteiger charge is -2.34. The van der Waals surface area contributed by atoms with Gasteiger partial charge in [-0.15, -0.1) is 0 Å². The number of hydrogen-bond donors (Lipinski definition) is 1. The predicted octanol–water partition coefficient (Wildman–Crippen LogP) is 3.45. The molecule has 2 aliphatic heterocycles. The molecular weight excluding hydrogens is 460 g/mol. The largest absolute Gasteiger partial charge is 0.497 e. The molecule has 7 heteroatoms. The number of rotatable bonds is 9. The lowest BCUT2D eigenvalue weighted by molar-refractivity contribution is 0.231. The van der Waals surface area contributed by atoms with Crippen molar-refractivity contribution in [3.8, 4) is 5.75 Å². The number of hydrogen-bond acceptors (Lipinski definition) is 7. The number of benzene rings is 2. The van der Waals surface area contributed by atoms with Crippen LogP contribution in [-0.2, 0) is 19.6 Å². The van der Waals surface area contributed by atoms with Gasteiger partial charge in [-0.3, -0.25) is 9.88 Å². The van der Waals surface area contributed by atoms with E-state index in [1.807, 2.05) is 12.3 Å². The van der Waals surface area contributed by atoms with Gasteiger partial charge >= 0.3 is 0 Å². The monoisotopic (exact) mass is 500 g/mol. The second-order valence-electron chi connectivity index (χ2n) is 10.2. The van der Waals surface area contributed by atoms with E-state index in [0.717, 1.165) is 83.4 Å². The molecule has 196 valence electrons. The van der Waals surface area contributed by atoms with Crippen molar-refractivity contribution in [3.05, 3.63) is 83.7 Å². The van der Waals surface area contributed by atoms with Crippen molar-refractivity contribution in [1.82, 2.24) is 20.1 Å². The first-order chi connectivity index (χ1) is 18.2. The maximum absolute atomic E-state index is 5.51. The first-order valence-electron chi connectivity index (χ1n) is 13.4. The second kappa shape index (κ2) is 12.4. The van der Waals surface area contributed by atoms with E-state index in [4.69, 9.17) is 9.72 Å². The van der Waals surface area contributed by atoms with Crippen LogP contribution < -0.4 is 19.9 Å². The number of likely N-dealkylation sites (N-methyl/N-ethyl adjacent to an activating group) is 1. The maximum atomic E-state index is 5.51. The zero-order valence-electron chi connectivity index (χ0n) is 22.3. The van der Waals surface area contributed by atoms with Crippen LogP contribution in [-0.4, -0.2) is 81.3 Å². The molecule has 0 bridgehead atoms. The van der Waals surface area contributed by atoms with Crippen molar-refractivity contribution in [2.45, 2.75) is 19.6 Å². The van der Waals surface area contributed by atoms with Crippen molar-refractivity contribution in [2.75, 3.05) is 76.3 Å². The van der Waals surface area contributed by atoms with Crippen molar-refractivity contribution < 1.29 is 4.74 Å². The van der Waals surface area contributed by atoms with Crippen LogP contribution in [0, 0.1) is 0 Å². The zero-order valence-corrected chi connectivity index (χ0v) is 22.3. The molecule has 37 heavy (non-hydrogen) atoms. The Morgan fingerprint density at radius 1 is 0.865 bits per heavy atom. The van der Waals surface area contributed by atoms with E-state index in [9.17, 15) is 0 Å². The summed E-state index contributed by atoms with van der Waals surface area (Å²) >= 11 is 0. The summed E-state index contributed by atoms with van der Waals surface area (Å²) in [4.78, 5) is 14.6. The summed E-state index contributed by atoms with van der Waals surface area (Å²) in [5.41, 5.74) is 6.20. The third-order valence-electron chi connectivity index (χ3n) is 7.42. The van der Waals surface area contributed by atoms with Gasteiger partial charge in [0.25, 0.3) is 0 Å². The fourth-order valence-electron chi connectivity index (χ4n) is 5.21. The van der Waals surface area contributed by atoms with E-state index in [-0.39, 0.29) is 0 Å². The van der Waals surface area contributed by atoms with E-state index < -0.39 is 0 Å². The maximum Gasteiger partial charge on any atom is 0.119 e. The summed E-state index contributed by atoms with van der Waals surface area (Å²) in [6.07, 6.45) is 1.96. The Morgan fingerprint density at radius 3 is 2.35 bits per heavy atom. The first-order valence-corrected chi connectivity index (χ1v) is 13.4. The van der Waals surface area contributed by atoms with E-state index in [1.54, 1.807) is 7.11 Å². The summed E-state index contributed by atoms with van der Waals surface area (Å²) in [6.45, 7) is 11.1. The SMILES string of the molecule is COc1cccc(CN(Cc2cccc(N3CCN(C)CC3)c2)c2ccnc(CN3CCNCC3)c2)c1. The summed E-state index contributed by atoms with van der Waals surface area (Å²) in [7, 11) is 3.93. The molecule has 5 rings (SSSR count). The summed E-state index contributed by atoms with van der Waals surface area (Å²) in [6, 6.07) is 21.9. The highest BCUT2D eigenvalue weighted by Crippen LogP contribution is 2.25. The quantitative estimate of drug-likeness (QED) is 0.483. The average molecular weight is 501 g/mol. The van der Waals surface area contributed by atoms with Gasteiger partial charge in [0.2, 0.25) is 0 Å². The second-order valence-corrected chi connectivity index (χ2v) is 10.2. The van der Waals surface area contributed by atoms with Gasteiger partial charge in [0.1, 0.15) is 5.75 Å². The predicted molar refractivity (Wildman–Crippen MR) is 151 cm³/mol. The van der Waals surface area contributed by atoms with Crippen LogP contribution in [0.15, 0.2) is 66.9 Å². The molecular formula is C30H40N6O. The number of aromatic nitrogens is 1.